The standard InChI is InChI=1S/C11H15F3N2/c1-7-9(8-5-3-2-4-6-8)16-10(15-7)11(12,13)14/h8H,2-6H2,1H3,(H,15,16). The minimum Gasteiger partial charge on any atom is -0.338 e. The maximum atomic E-state index is 12.5. The summed E-state index contributed by atoms with van der Waals surface area (Å²) in [5.74, 6) is -0.647. The Morgan fingerprint density at radius 1 is 1.19 bits per heavy atom. The van der Waals surface area contributed by atoms with Crippen molar-refractivity contribution < 1.29 is 13.2 Å². The summed E-state index contributed by atoms with van der Waals surface area (Å²) in [6.45, 7) is 1.67. The number of alkyl halides is 3. The molecule has 0 radical (unpaired) electrons. The molecule has 16 heavy (non-hydrogen) atoms. The highest BCUT2D eigenvalue weighted by atomic mass is 19.4. The summed E-state index contributed by atoms with van der Waals surface area (Å²) in [5.41, 5.74) is 1.19. The summed E-state index contributed by atoms with van der Waals surface area (Å²) in [6.07, 6.45) is 0.937. The summed E-state index contributed by atoms with van der Waals surface area (Å²) in [7, 11) is 0. The van der Waals surface area contributed by atoms with E-state index in [0.29, 0.717) is 11.4 Å². The van der Waals surface area contributed by atoms with Crippen molar-refractivity contribution in [1.82, 2.24) is 9.97 Å². The average Bonchev–Trinajstić information content (AvgIpc) is 2.61. The molecule has 2 rings (SSSR count). The van der Waals surface area contributed by atoms with Crippen LogP contribution in [0.2, 0.25) is 0 Å². The molecule has 2 nitrogen and oxygen atoms in total. The summed E-state index contributed by atoms with van der Waals surface area (Å²) < 4.78 is 37.4. The van der Waals surface area contributed by atoms with Gasteiger partial charge >= 0.3 is 6.18 Å². The van der Waals surface area contributed by atoms with Crippen LogP contribution >= 0.6 is 0 Å². The van der Waals surface area contributed by atoms with Crippen LogP contribution in [0.4, 0.5) is 13.2 Å². The lowest BCUT2D eigenvalue weighted by atomic mass is 9.86. The number of aryl methyl sites for hydroxylation is 1. The van der Waals surface area contributed by atoms with Crippen LogP contribution < -0.4 is 0 Å². The second-order valence-corrected chi connectivity index (χ2v) is 4.43. The Balaban J connectivity index is 2.24. The predicted octanol–water partition coefficient (Wildman–Crippen LogP) is 3.78. The van der Waals surface area contributed by atoms with Crippen LogP contribution in [0.3, 0.4) is 0 Å². The summed E-state index contributed by atoms with van der Waals surface area (Å²) in [6, 6.07) is 0. The summed E-state index contributed by atoms with van der Waals surface area (Å²) >= 11 is 0. The van der Waals surface area contributed by atoms with Gasteiger partial charge in [-0.2, -0.15) is 13.2 Å². The van der Waals surface area contributed by atoms with E-state index in [1.807, 2.05) is 0 Å². The molecule has 0 bridgehead atoms. The van der Waals surface area contributed by atoms with E-state index in [2.05, 4.69) is 9.97 Å². The third-order valence-electron chi connectivity index (χ3n) is 3.18. The van der Waals surface area contributed by atoms with Crippen molar-refractivity contribution in [2.45, 2.75) is 51.1 Å². The van der Waals surface area contributed by atoms with Crippen molar-refractivity contribution in [2.24, 2.45) is 0 Å². The van der Waals surface area contributed by atoms with Gasteiger partial charge in [-0.25, -0.2) is 4.98 Å². The van der Waals surface area contributed by atoms with Crippen molar-refractivity contribution in [3.63, 3.8) is 0 Å². The lowest BCUT2D eigenvalue weighted by Crippen LogP contribution is -2.09. The maximum absolute atomic E-state index is 12.5. The van der Waals surface area contributed by atoms with Crippen LogP contribution in [-0.2, 0) is 6.18 Å². The Kier molecular flexibility index (Phi) is 2.95. The third-order valence-corrected chi connectivity index (χ3v) is 3.18. The first kappa shape index (κ1) is 11.5. The molecular formula is C11H15F3N2. The molecular weight excluding hydrogens is 217 g/mol. The molecule has 5 heteroatoms. The number of nitrogens with one attached hydrogen (secondary N) is 1. The Hall–Kier alpha value is -1.00. The SMILES string of the molecule is Cc1[nH]c(C(F)(F)F)nc1C1CCCCC1. The highest BCUT2D eigenvalue weighted by Gasteiger charge is 2.36. The van der Waals surface area contributed by atoms with E-state index in [4.69, 9.17) is 0 Å². The number of rotatable bonds is 1. The van der Waals surface area contributed by atoms with E-state index in [9.17, 15) is 13.2 Å². The monoisotopic (exact) mass is 232 g/mol. The van der Waals surface area contributed by atoms with E-state index in [1.165, 1.54) is 6.42 Å². The molecule has 0 saturated heterocycles. The largest absolute Gasteiger partial charge is 0.449 e. The first-order valence-electron chi connectivity index (χ1n) is 5.62. The van der Waals surface area contributed by atoms with Gasteiger partial charge in [0.2, 0.25) is 5.82 Å². The number of hydrogen-bond acceptors (Lipinski definition) is 1. The van der Waals surface area contributed by atoms with Gasteiger partial charge in [-0.1, -0.05) is 19.3 Å². The van der Waals surface area contributed by atoms with Gasteiger partial charge in [0.15, 0.2) is 0 Å². The van der Waals surface area contributed by atoms with Crippen molar-refractivity contribution >= 4 is 0 Å². The van der Waals surface area contributed by atoms with Gasteiger partial charge in [-0.05, 0) is 19.8 Å². The molecule has 0 amide bonds. The van der Waals surface area contributed by atoms with Crippen LogP contribution in [0, 0.1) is 6.92 Å². The van der Waals surface area contributed by atoms with E-state index >= 15 is 0 Å². The highest BCUT2D eigenvalue weighted by Crippen LogP contribution is 2.35. The predicted molar refractivity (Wildman–Crippen MR) is 54.2 cm³/mol. The fraction of sp³-hybridized carbons (Fsp3) is 0.727. The Morgan fingerprint density at radius 3 is 2.31 bits per heavy atom. The molecule has 1 N–H and O–H groups in total. The number of hydrogen-bond donors (Lipinski definition) is 1. The van der Waals surface area contributed by atoms with Crippen molar-refractivity contribution in [3.05, 3.63) is 17.2 Å². The highest BCUT2D eigenvalue weighted by molar-refractivity contribution is 5.19. The fourth-order valence-corrected chi connectivity index (χ4v) is 2.38. The van der Waals surface area contributed by atoms with Gasteiger partial charge in [0, 0.05) is 11.6 Å². The number of aromatic amines is 1. The van der Waals surface area contributed by atoms with Crippen LogP contribution in [0.5, 0.6) is 0 Å². The smallest absolute Gasteiger partial charge is 0.338 e. The van der Waals surface area contributed by atoms with Gasteiger partial charge in [0.05, 0.1) is 5.69 Å². The zero-order valence-corrected chi connectivity index (χ0v) is 9.19. The Labute approximate surface area is 92.3 Å². The average molecular weight is 232 g/mol. The molecule has 1 aromatic rings. The van der Waals surface area contributed by atoms with Crippen LogP contribution in [0.15, 0.2) is 0 Å². The molecule has 1 fully saturated rings. The number of H-pyrrole nitrogens is 1. The molecule has 1 heterocycles. The van der Waals surface area contributed by atoms with E-state index in [1.54, 1.807) is 6.92 Å². The van der Waals surface area contributed by atoms with Gasteiger partial charge in [0.25, 0.3) is 0 Å². The van der Waals surface area contributed by atoms with Gasteiger partial charge in [-0.15, -0.1) is 0 Å². The van der Waals surface area contributed by atoms with Crippen molar-refractivity contribution in [2.75, 3.05) is 0 Å². The molecule has 0 aliphatic heterocycles. The lowest BCUT2D eigenvalue weighted by molar-refractivity contribution is -0.144. The first-order chi connectivity index (χ1) is 7.48. The number of imidazole rings is 1. The first-order valence-corrected chi connectivity index (χ1v) is 5.62. The Bertz CT molecular complexity index is 362. The zero-order chi connectivity index (χ0) is 11.8. The van der Waals surface area contributed by atoms with Gasteiger partial charge < -0.3 is 4.98 Å². The molecule has 1 aliphatic carbocycles. The molecule has 1 saturated carbocycles. The molecule has 0 spiro atoms. The van der Waals surface area contributed by atoms with Crippen molar-refractivity contribution in [1.29, 1.82) is 0 Å². The summed E-state index contributed by atoms with van der Waals surface area (Å²) in [4.78, 5) is 6.07. The second kappa shape index (κ2) is 4.11. The molecule has 0 unspecified atom stereocenters. The minimum atomic E-state index is -4.36. The number of aromatic nitrogens is 2. The maximum Gasteiger partial charge on any atom is 0.449 e. The van der Waals surface area contributed by atoms with E-state index in [-0.39, 0.29) is 5.92 Å². The van der Waals surface area contributed by atoms with E-state index < -0.39 is 12.0 Å². The normalized spacial score (nSPS) is 19.0. The van der Waals surface area contributed by atoms with E-state index in [0.717, 1.165) is 25.7 Å². The second-order valence-electron chi connectivity index (χ2n) is 4.43. The number of nitrogens with zero attached hydrogens (tertiary/aromatic N) is 1. The third kappa shape index (κ3) is 2.23. The Morgan fingerprint density at radius 2 is 1.81 bits per heavy atom. The van der Waals surface area contributed by atoms with Crippen molar-refractivity contribution in [3.8, 4) is 0 Å². The zero-order valence-electron chi connectivity index (χ0n) is 9.19. The molecule has 1 aromatic heterocycles. The topological polar surface area (TPSA) is 28.7 Å². The fourth-order valence-electron chi connectivity index (χ4n) is 2.38. The lowest BCUT2D eigenvalue weighted by Gasteiger charge is -2.20. The van der Waals surface area contributed by atoms with Gasteiger partial charge in [-0.3, -0.25) is 0 Å². The quantitative estimate of drug-likeness (QED) is 0.784. The van der Waals surface area contributed by atoms with Gasteiger partial charge in [0.1, 0.15) is 0 Å². The molecule has 90 valence electrons. The molecule has 0 atom stereocenters. The van der Waals surface area contributed by atoms with Crippen LogP contribution in [0.25, 0.3) is 0 Å². The molecule has 0 aromatic carbocycles. The number of halogens is 3. The summed E-state index contributed by atoms with van der Waals surface area (Å²) in [5, 5.41) is 0. The molecule has 1 aliphatic rings. The van der Waals surface area contributed by atoms with Crippen LogP contribution in [-0.4, -0.2) is 9.97 Å². The van der Waals surface area contributed by atoms with Crippen LogP contribution in [0.1, 0.15) is 55.2 Å². The minimum absolute atomic E-state index is 0.209.